The van der Waals surface area contributed by atoms with E-state index in [0.717, 1.165) is 15.2 Å². The summed E-state index contributed by atoms with van der Waals surface area (Å²) in [6.45, 7) is 1.86. The van der Waals surface area contributed by atoms with E-state index in [1.165, 1.54) is 23.5 Å². The average Bonchev–Trinajstić information content (AvgIpc) is 2.46. The molecule has 0 aliphatic carbocycles. The van der Waals surface area contributed by atoms with Gasteiger partial charge in [0.15, 0.2) is 0 Å². The fourth-order valence-corrected chi connectivity index (χ4v) is 2.19. The molecule has 0 unspecified atom stereocenters. The third kappa shape index (κ3) is 1.67. The van der Waals surface area contributed by atoms with Crippen LogP contribution in [-0.2, 0) is 0 Å². The smallest absolute Gasteiger partial charge is 0.124 e. The van der Waals surface area contributed by atoms with Crippen molar-refractivity contribution in [3.8, 4) is 0 Å². The highest BCUT2D eigenvalue weighted by atomic mass is 35.5. The maximum Gasteiger partial charge on any atom is 0.124 e. The van der Waals surface area contributed by atoms with E-state index in [1.807, 2.05) is 6.92 Å². The van der Waals surface area contributed by atoms with Crippen molar-refractivity contribution < 1.29 is 4.39 Å². The van der Waals surface area contributed by atoms with E-state index in [2.05, 4.69) is 4.98 Å². The lowest BCUT2D eigenvalue weighted by molar-refractivity contribution is 0.630. The van der Waals surface area contributed by atoms with Gasteiger partial charge < -0.3 is 0 Å². The summed E-state index contributed by atoms with van der Waals surface area (Å²) in [7, 11) is 0. The third-order valence-corrected chi connectivity index (χ3v) is 3.24. The Labute approximate surface area is 84.2 Å². The summed E-state index contributed by atoms with van der Waals surface area (Å²) in [6.07, 6.45) is 0. The van der Waals surface area contributed by atoms with Crippen LogP contribution in [0.1, 0.15) is 17.3 Å². The molecule has 0 saturated carbocycles. The molecule has 1 atom stereocenters. The molecule has 1 heterocycles. The Balaban J connectivity index is 2.62. The lowest BCUT2D eigenvalue weighted by Crippen LogP contribution is -1.79. The predicted octanol–water partition coefficient (Wildman–Crippen LogP) is 3.74. The minimum absolute atomic E-state index is 0.111. The quantitative estimate of drug-likeness (QED) is 0.661. The van der Waals surface area contributed by atoms with E-state index in [-0.39, 0.29) is 11.2 Å². The molecule has 0 bridgehead atoms. The van der Waals surface area contributed by atoms with Gasteiger partial charge in [-0.1, -0.05) is 0 Å². The first-order chi connectivity index (χ1) is 6.16. The molecule has 0 radical (unpaired) electrons. The Bertz CT molecular complexity index is 438. The second-order valence-corrected chi connectivity index (χ2v) is 4.50. The molecular formula is C9H7ClFNS. The Morgan fingerprint density at radius 3 is 3.00 bits per heavy atom. The lowest BCUT2D eigenvalue weighted by atomic mass is 10.3. The van der Waals surface area contributed by atoms with Crippen LogP contribution in [0.3, 0.4) is 0 Å². The second kappa shape index (κ2) is 3.24. The van der Waals surface area contributed by atoms with Gasteiger partial charge in [-0.2, -0.15) is 0 Å². The summed E-state index contributed by atoms with van der Waals surface area (Å²) in [4.78, 5) is 4.27. The monoisotopic (exact) mass is 215 g/mol. The summed E-state index contributed by atoms with van der Waals surface area (Å²) in [6, 6.07) is 4.56. The number of nitrogens with zero attached hydrogens (tertiary/aromatic N) is 1. The maximum absolute atomic E-state index is 12.8. The molecule has 1 nitrogen and oxygen atoms in total. The molecule has 13 heavy (non-hydrogen) atoms. The summed E-state index contributed by atoms with van der Waals surface area (Å²) in [5, 5.41) is 0.725. The van der Waals surface area contributed by atoms with Crippen LogP contribution in [0.15, 0.2) is 18.2 Å². The van der Waals surface area contributed by atoms with Crippen molar-refractivity contribution in [2.75, 3.05) is 0 Å². The van der Waals surface area contributed by atoms with Crippen LogP contribution < -0.4 is 0 Å². The Hall–Kier alpha value is -0.670. The van der Waals surface area contributed by atoms with Crippen molar-refractivity contribution in [2.45, 2.75) is 12.3 Å². The van der Waals surface area contributed by atoms with E-state index in [0.29, 0.717) is 0 Å². The Kier molecular flexibility index (Phi) is 2.22. The van der Waals surface area contributed by atoms with Gasteiger partial charge in [-0.15, -0.1) is 22.9 Å². The molecule has 0 N–H and O–H groups in total. The van der Waals surface area contributed by atoms with Gasteiger partial charge >= 0.3 is 0 Å². The zero-order chi connectivity index (χ0) is 9.42. The fraction of sp³-hybridized carbons (Fsp3) is 0.222. The Morgan fingerprint density at radius 2 is 2.31 bits per heavy atom. The van der Waals surface area contributed by atoms with E-state index in [1.54, 1.807) is 6.07 Å². The van der Waals surface area contributed by atoms with Crippen molar-refractivity contribution in [1.29, 1.82) is 0 Å². The number of thiazole rings is 1. The summed E-state index contributed by atoms with van der Waals surface area (Å²) in [5.41, 5.74) is 0.814. The zero-order valence-corrected chi connectivity index (χ0v) is 8.49. The predicted molar refractivity (Wildman–Crippen MR) is 53.8 cm³/mol. The fourth-order valence-electron chi connectivity index (χ4n) is 1.09. The minimum atomic E-state index is -0.232. The number of aromatic nitrogens is 1. The molecular weight excluding hydrogens is 209 g/mol. The number of hydrogen-bond donors (Lipinski definition) is 0. The van der Waals surface area contributed by atoms with Gasteiger partial charge in [0.2, 0.25) is 0 Å². The number of hydrogen-bond acceptors (Lipinski definition) is 2. The van der Waals surface area contributed by atoms with Crippen LogP contribution in [0.2, 0.25) is 0 Å². The van der Waals surface area contributed by atoms with E-state index in [4.69, 9.17) is 11.6 Å². The van der Waals surface area contributed by atoms with Crippen LogP contribution >= 0.6 is 22.9 Å². The standard InChI is InChI=1S/C9H7ClFNS/c1-5(10)9-12-7-3-2-6(11)4-8(7)13-9/h2-5H,1H3/t5-/m1/s1. The number of fused-ring (bicyclic) bond motifs is 1. The van der Waals surface area contributed by atoms with E-state index in [9.17, 15) is 4.39 Å². The number of benzene rings is 1. The van der Waals surface area contributed by atoms with Gasteiger partial charge in [0, 0.05) is 0 Å². The molecule has 0 spiro atoms. The highest BCUT2D eigenvalue weighted by molar-refractivity contribution is 7.18. The summed E-state index contributed by atoms with van der Waals surface area (Å²) >= 11 is 7.31. The molecule has 0 amide bonds. The van der Waals surface area contributed by atoms with Crippen LogP contribution in [0.4, 0.5) is 4.39 Å². The van der Waals surface area contributed by atoms with E-state index < -0.39 is 0 Å². The van der Waals surface area contributed by atoms with Crippen LogP contribution in [0.25, 0.3) is 10.2 Å². The van der Waals surface area contributed by atoms with Crippen molar-refractivity contribution in [3.63, 3.8) is 0 Å². The SMILES string of the molecule is C[C@@H](Cl)c1nc2ccc(F)cc2s1. The summed E-state index contributed by atoms with van der Waals surface area (Å²) in [5.74, 6) is -0.232. The van der Waals surface area contributed by atoms with Crippen LogP contribution in [0, 0.1) is 5.82 Å². The minimum Gasteiger partial charge on any atom is -0.240 e. The molecule has 68 valence electrons. The molecule has 2 rings (SSSR count). The van der Waals surface area contributed by atoms with Gasteiger partial charge in [-0.05, 0) is 25.1 Å². The van der Waals surface area contributed by atoms with Crippen molar-refractivity contribution >= 4 is 33.2 Å². The van der Waals surface area contributed by atoms with Gasteiger partial charge in [0.05, 0.1) is 15.6 Å². The average molecular weight is 216 g/mol. The Morgan fingerprint density at radius 1 is 1.54 bits per heavy atom. The van der Waals surface area contributed by atoms with Crippen molar-refractivity contribution in [2.24, 2.45) is 0 Å². The van der Waals surface area contributed by atoms with Gasteiger partial charge in [-0.25, -0.2) is 9.37 Å². The maximum atomic E-state index is 12.8. The van der Waals surface area contributed by atoms with Crippen LogP contribution in [-0.4, -0.2) is 4.98 Å². The zero-order valence-electron chi connectivity index (χ0n) is 6.92. The topological polar surface area (TPSA) is 12.9 Å². The third-order valence-electron chi connectivity index (χ3n) is 1.71. The molecule has 0 aliphatic rings. The lowest BCUT2D eigenvalue weighted by Gasteiger charge is -1.91. The molecule has 1 aromatic carbocycles. The number of rotatable bonds is 1. The molecule has 1 aromatic heterocycles. The normalized spacial score (nSPS) is 13.5. The molecule has 0 fully saturated rings. The van der Waals surface area contributed by atoms with Gasteiger partial charge in [0.1, 0.15) is 10.8 Å². The molecule has 0 aliphatic heterocycles. The number of halogens is 2. The van der Waals surface area contributed by atoms with Crippen molar-refractivity contribution in [1.82, 2.24) is 4.98 Å². The van der Waals surface area contributed by atoms with Gasteiger partial charge in [-0.3, -0.25) is 0 Å². The molecule has 4 heteroatoms. The highest BCUT2D eigenvalue weighted by Gasteiger charge is 2.08. The summed E-state index contributed by atoms with van der Waals surface area (Å²) < 4.78 is 13.6. The molecule has 0 saturated heterocycles. The largest absolute Gasteiger partial charge is 0.240 e. The number of alkyl halides is 1. The first-order valence-electron chi connectivity index (χ1n) is 3.87. The first kappa shape index (κ1) is 8.91. The second-order valence-electron chi connectivity index (χ2n) is 2.78. The molecule has 2 aromatic rings. The first-order valence-corrected chi connectivity index (χ1v) is 5.12. The van der Waals surface area contributed by atoms with E-state index >= 15 is 0 Å². The van der Waals surface area contributed by atoms with Crippen molar-refractivity contribution in [3.05, 3.63) is 29.0 Å². The van der Waals surface area contributed by atoms with Gasteiger partial charge in [0.25, 0.3) is 0 Å². The van der Waals surface area contributed by atoms with Crippen LogP contribution in [0.5, 0.6) is 0 Å². The highest BCUT2D eigenvalue weighted by Crippen LogP contribution is 2.29.